The molecule has 1 N–H and O–H groups in total. The van der Waals surface area contributed by atoms with E-state index in [1.54, 1.807) is 13.3 Å². The van der Waals surface area contributed by atoms with Gasteiger partial charge in [-0.1, -0.05) is 0 Å². The summed E-state index contributed by atoms with van der Waals surface area (Å²) in [6.07, 6.45) is 3.16. The molecule has 3 rings (SSSR count). The third-order valence-corrected chi connectivity index (χ3v) is 2.66. The lowest BCUT2D eigenvalue weighted by molar-refractivity contribution is 0.409. The standard InChI is InChI=1S/C12H11N5O/c1-7-10(18-2)4-3-8(15-7)12-16-9-5-13-6-14-11(9)17-12/h3-6H,1-2H3,(H,13,14,16,17). The lowest BCUT2D eigenvalue weighted by Gasteiger charge is -2.04. The number of rotatable bonds is 2. The van der Waals surface area contributed by atoms with Crippen molar-refractivity contribution in [3.05, 3.63) is 30.4 Å². The molecule has 3 aromatic heterocycles. The maximum atomic E-state index is 5.18. The van der Waals surface area contributed by atoms with Gasteiger partial charge in [0.2, 0.25) is 0 Å². The molecule has 6 heteroatoms. The highest BCUT2D eigenvalue weighted by Gasteiger charge is 2.09. The zero-order chi connectivity index (χ0) is 12.5. The van der Waals surface area contributed by atoms with Gasteiger partial charge in [-0.15, -0.1) is 0 Å². The Hall–Kier alpha value is -2.50. The molecule has 0 fully saturated rings. The minimum Gasteiger partial charge on any atom is -0.495 e. The quantitative estimate of drug-likeness (QED) is 0.739. The van der Waals surface area contributed by atoms with Crippen molar-refractivity contribution in [3.63, 3.8) is 0 Å². The first-order chi connectivity index (χ1) is 8.78. The van der Waals surface area contributed by atoms with Crippen molar-refractivity contribution in [1.82, 2.24) is 24.9 Å². The fourth-order valence-corrected chi connectivity index (χ4v) is 1.78. The smallest absolute Gasteiger partial charge is 0.181 e. The number of methoxy groups -OCH3 is 1. The summed E-state index contributed by atoms with van der Waals surface area (Å²) < 4.78 is 5.18. The molecule has 18 heavy (non-hydrogen) atoms. The molecule has 6 nitrogen and oxygen atoms in total. The third-order valence-electron chi connectivity index (χ3n) is 2.66. The Bertz CT molecular complexity index is 674. The van der Waals surface area contributed by atoms with Crippen molar-refractivity contribution in [1.29, 1.82) is 0 Å². The molecule has 3 aromatic rings. The number of H-pyrrole nitrogens is 1. The molecule has 3 heterocycles. The molecule has 0 bridgehead atoms. The van der Waals surface area contributed by atoms with Crippen LogP contribution in [0.5, 0.6) is 5.75 Å². The average molecular weight is 241 g/mol. The van der Waals surface area contributed by atoms with Gasteiger partial charge in [-0.25, -0.2) is 19.9 Å². The number of hydrogen-bond acceptors (Lipinski definition) is 5. The van der Waals surface area contributed by atoms with Crippen molar-refractivity contribution < 1.29 is 4.74 Å². The monoisotopic (exact) mass is 241 g/mol. The zero-order valence-electron chi connectivity index (χ0n) is 10.0. The number of nitrogens with one attached hydrogen (secondary N) is 1. The van der Waals surface area contributed by atoms with E-state index in [-0.39, 0.29) is 0 Å². The van der Waals surface area contributed by atoms with Gasteiger partial charge in [0.1, 0.15) is 23.3 Å². The van der Waals surface area contributed by atoms with Crippen molar-refractivity contribution in [2.24, 2.45) is 0 Å². The fraction of sp³-hybridized carbons (Fsp3) is 0.167. The van der Waals surface area contributed by atoms with E-state index in [1.165, 1.54) is 6.33 Å². The number of aromatic amines is 1. The molecule has 0 aliphatic rings. The zero-order valence-corrected chi connectivity index (χ0v) is 10.0. The summed E-state index contributed by atoms with van der Waals surface area (Å²) in [6, 6.07) is 3.73. The number of hydrogen-bond donors (Lipinski definition) is 1. The Kier molecular flexibility index (Phi) is 2.40. The lowest BCUT2D eigenvalue weighted by Crippen LogP contribution is -1.93. The number of aromatic nitrogens is 5. The minimum absolute atomic E-state index is 0.635. The first-order valence-corrected chi connectivity index (χ1v) is 5.45. The van der Waals surface area contributed by atoms with Crippen molar-refractivity contribution in [3.8, 4) is 17.3 Å². The van der Waals surface area contributed by atoms with Crippen LogP contribution in [0.3, 0.4) is 0 Å². The normalized spacial score (nSPS) is 10.8. The summed E-state index contributed by atoms with van der Waals surface area (Å²) in [7, 11) is 1.63. The Balaban J connectivity index is 2.11. The number of imidazole rings is 1. The van der Waals surface area contributed by atoms with Gasteiger partial charge in [-0.3, -0.25) is 0 Å². The molecular weight excluding hydrogens is 230 g/mol. The molecule has 0 spiro atoms. The molecule has 0 atom stereocenters. The first kappa shape index (κ1) is 10.6. The Morgan fingerprint density at radius 3 is 2.83 bits per heavy atom. The van der Waals surface area contributed by atoms with Crippen molar-refractivity contribution in [2.75, 3.05) is 7.11 Å². The highest BCUT2D eigenvalue weighted by Crippen LogP contribution is 2.21. The van der Waals surface area contributed by atoms with E-state index in [9.17, 15) is 0 Å². The Morgan fingerprint density at radius 2 is 2.11 bits per heavy atom. The number of fused-ring (bicyclic) bond motifs is 1. The molecule has 90 valence electrons. The van der Waals surface area contributed by atoms with Crippen LogP contribution in [0.1, 0.15) is 5.69 Å². The van der Waals surface area contributed by atoms with E-state index >= 15 is 0 Å². The van der Waals surface area contributed by atoms with E-state index in [4.69, 9.17) is 4.74 Å². The molecule has 0 aliphatic heterocycles. The van der Waals surface area contributed by atoms with Gasteiger partial charge in [-0.05, 0) is 19.1 Å². The van der Waals surface area contributed by atoms with Crippen LogP contribution >= 0.6 is 0 Å². The molecule has 0 unspecified atom stereocenters. The molecule has 0 saturated heterocycles. The van der Waals surface area contributed by atoms with Crippen LogP contribution in [0.15, 0.2) is 24.7 Å². The van der Waals surface area contributed by atoms with Gasteiger partial charge in [0, 0.05) is 0 Å². The van der Waals surface area contributed by atoms with Crippen LogP contribution in [0.25, 0.3) is 22.7 Å². The van der Waals surface area contributed by atoms with E-state index in [0.717, 1.165) is 22.7 Å². The van der Waals surface area contributed by atoms with Crippen LogP contribution < -0.4 is 4.74 Å². The molecular formula is C12H11N5O. The van der Waals surface area contributed by atoms with Gasteiger partial charge in [0.25, 0.3) is 0 Å². The second kappa shape index (κ2) is 4.06. The lowest BCUT2D eigenvalue weighted by atomic mass is 10.3. The van der Waals surface area contributed by atoms with Crippen LogP contribution in [0, 0.1) is 6.92 Å². The van der Waals surface area contributed by atoms with Gasteiger partial charge in [-0.2, -0.15) is 0 Å². The highest BCUT2D eigenvalue weighted by atomic mass is 16.5. The summed E-state index contributed by atoms with van der Waals surface area (Å²) >= 11 is 0. The van der Waals surface area contributed by atoms with E-state index in [0.29, 0.717) is 11.5 Å². The molecule has 0 saturated carbocycles. The summed E-state index contributed by atoms with van der Waals surface area (Å²) in [5.74, 6) is 1.44. The highest BCUT2D eigenvalue weighted by molar-refractivity contribution is 5.73. The summed E-state index contributed by atoms with van der Waals surface area (Å²) in [5.41, 5.74) is 3.01. The fourth-order valence-electron chi connectivity index (χ4n) is 1.78. The van der Waals surface area contributed by atoms with E-state index in [1.807, 2.05) is 19.1 Å². The van der Waals surface area contributed by atoms with Crippen LogP contribution in [0.2, 0.25) is 0 Å². The number of nitrogens with zero attached hydrogens (tertiary/aromatic N) is 4. The average Bonchev–Trinajstić information content (AvgIpc) is 2.82. The Morgan fingerprint density at radius 1 is 1.22 bits per heavy atom. The van der Waals surface area contributed by atoms with Crippen molar-refractivity contribution in [2.45, 2.75) is 6.92 Å². The van der Waals surface area contributed by atoms with E-state index < -0.39 is 0 Å². The minimum atomic E-state index is 0.635. The van der Waals surface area contributed by atoms with Crippen LogP contribution in [-0.4, -0.2) is 32.0 Å². The number of ether oxygens (including phenoxy) is 1. The van der Waals surface area contributed by atoms with Crippen LogP contribution in [-0.2, 0) is 0 Å². The summed E-state index contributed by atoms with van der Waals surface area (Å²) in [6.45, 7) is 1.89. The van der Waals surface area contributed by atoms with Gasteiger partial charge in [0.05, 0.1) is 19.0 Å². The number of aryl methyl sites for hydroxylation is 1. The summed E-state index contributed by atoms with van der Waals surface area (Å²) in [5, 5.41) is 0. The second-order valence-corrected chi connectivity index (χ2v) is 3.83. The SMILES string of the molecule is COc1ccc(-c2nc3ncncc3[nH]2)nc1C. The number of pyridine rings is 1. The summed E-state index contributed by atoms with van der Waals surface area (Å²) in [4.78, 5) is 20.0. The molecule has 0 amide bonds. The predicted molar refractivity (Wildman–Crippen MR) is 66.2 cm³/mol. The molecule has 0 aromatic carbocycles. The van der Waals surface area contributed by atoms with Crippen molar-refractivity contribution >= 4 is 11.2 Å². The topological polar surface area (TPSA) is 76.6 Å². The largest absolute Gasteiger partial charge is 0.495 e. The van der Waals surface area contributed by atoms with Gasteiger partial charge >= 0.3 is 0 Å². The predicted octanol–water partition coefficient (Wildman–Crippen LogP) is 1.73. The maximum absolute atomic E-state index is 5.18. The molecule has 0 aliphatic carbocycles. The van der Waals surface area contributed by atoms with E-state index in [2.05, 4.69) is 24.9 Å². The molecule has 0 radical (unpaired) electrons. The van der Waals surface area contributed by atoms with Crippen LogP contribution in [0.4, 0.5) is 0 Å². The van der Waals surface area contributed by atoms with Gasteiger partial charge in [0.15, 0.2) is 11.5 Å². The Labute approximate surface area is 103 Å². The second-order valence-electron chi connectivity index (χ2n) is 3.83. The first-order valence-electron chi connectivity index (χ1n) is 5.45. The maximum Gasteiger partial charge on any atom is 0.181 e. The van der Waals surface area contributed by atoms with Gasteiger partial charge < -0.3 is 9.72 Å². The third kappa shape index (κ3) is 1.67.